The molecule has 1 aliphatic rings. The summed E-state index contributed by atoms with van der Waals surface area (Å²) in [6.45, 7) is 0.462. The van der Waals surface area contributed by atoms with Crippen LogP contribution in [0.15, 0.2) is 41.5 Å². The molecule has 0 aromatic heterocycles. The number of carbonyl (C=O) groups is 1. The van der Waals surface area contributed by atoms with Crippen molar-refractivity contribution >= 4 is 28.8 Å². The number of halogens is 1. The summed E-state index contributed by atoms with van der Waals surface area (Å²) in [6, 6.07) is 9.90. The van der Waals surface area contributed by atoms with Gasteiger partial charge in [-0.05, 0) is 5.56 Å². The Kier molecular flexibility index (Phi) is 3.37. The zero-order valence-electron chi connectivity index (χ0n) is 8.64. The van der Waals surface area contributed by atoms with Crippen LogP contribution in [0, 0.1) is 0 Å². The molecule has 0 unspecified atom stereocenters. The van der Waals surface area contributed by atoms with Gasteiger partial charge in [0, 0.05) is 0 Å². The molecule has 0 saturated heterocycles. The number of hydrazone groups is 1. The van der Waals surface area contributed by atoms with E-state index in [1.54, 1.807) is 0 Å². The van der Waals surface area contributed by atoms with Crippen molar-refractivity contribution in [3.63, 3.8) is 0 Å². The summed E-state index contributed by atoms with van der Waals surface area (Å²) >= 11 is 5.66. The fraction of sp³-hybridized carbons (Fsp3) is 0.167. The predicted molar refractivity (Wildman–Crippen MR) is 65.1 cm³/mol. The summed E-state index contributed by atoms with van der Waals surface area (Å²) < 4.78 is 0. The molecular weight excluding hydrogens is 224 g/mol. The zero-order valence-corrected chi connectivity index (χ0v) is 9.39. The number of carbonyl (C=O) groups excluding carboxylic acids is 1. The standard InChI is InChI=1S/C12H11ClN2O/c13-11-9-12(16)15(14-11)8-4-7-10-5-2-1-3-6-10/h1-7H,8-9H2/b7-4+. The third kappa shape index (κ3) is 2.70. The van der Waals surface area contributed by atoms with E-state index in [4.69, 9.17) is 11.6 Å². The van der Waals surface area contributed by atoms with E-state index in [9.17, 15) is 4.79 Å². The van der Waals surface area contributed by atoms with Crippen LogP contribution < -0.4 is 0 Å². The maximum atomic E-state index is 11.3. The molecule has 82 valence electrons. The lowest BCUT2D eigenvalue weighted by molar-refractivity contribution is -0.128. The molecular formula is C12H11ClN2O. The molecule has 2 rings (SSSR count). The minimum atomic E-state index is -0.0530. The van der Waals surface area contributed by atoms with E-state index in [0.717, 1.165) is 5.56 Å². The van der Waals surface area contributed by atoms with Crippen molar-refractivity contribution in [2.75, 3.05) is 6.54 Å². The minimum Gasteiger partial charge on any atom is -0.272 e. The van der Waals surface area contributed by atoms with E-state index in [1.165, 1.54) is 5.01 Å². The lowest BCUT2D eigenvalue weighted by Crippen LogP contribution is -2.20. The van der Waals surface area contributed by atoms with Crippen LogP contribution in [0.5, 0.6) is 0 Å². The fourth-order valence-electron chi connectivity index (χ4n) is 1.43. The third-order valence-corrected chi connectivity index (χ3v) is 2.41. The Labute approximate surface area is 99.0 Å². The molecule has 0 spiro atoms. The van der Waals surface area contributed by atoms with Gasteiger partial charge in [-0.25, -0.2) is 5.01 Å². The summed E-state index contributed by atoms with van der Waals surface area (Å²) in [4.78, 5) is 11.3. The largest absolute Gasteiger partial charge is 0.272 e. The number of hydrogen-bond acceptors (Lipinski definition) is 2. The highest BCUT2D eigenvalue weighted by Crippen LogP contribution is 2.10. The van der Waals surface area contributed by atoms with Gasteiger partial charge in [-0.2, -0.15) is 5.10 Å². The molecule has 1 aromatic carbocycles. The quantitative estimate of drug-likeness (QED) is 0.791. The Hall–Kier alpha value is -1.61. The van der Waals surface area contributed by atoms with Crippen molar-refractivity contribution in [3.8, 4) is 0 Å². The van der Waals surface area contributed by atoms with Gasteiger partial charge in [0.15, 0.2) is 0 Å². The van der Waals surface area contributed by atoms with Crippen molar-refractivity contribution in [1.29, 1.82) is 0 Å². The van der Waals surface area contributed by atoms with Crippen molar-refractivity contribution in [1.82, 2.24) is 5.01 Å². The maximum Gasteiger partial charge on any atom is 0.250 e. The SMILES string of the molecule is O=C1CC(Cl)=NN1C/C=C/c1ccccc1. The average molecular weight is 235 g/mol. The second-order valence-corrected chi connectivity index (χ2v) is 3.88. The Morgan fingerprint density at radius 2 is 2.12 bits per heavy atom. The van der Waals surface area contributed by atoms with Crippen LogP contribution in [0.4, 0.5) is 0 Å². The van der Waals surface area contributed by atoms with Gasteiger partial charge >= 0.3 is 0 Å². The smallest absolute Gasteiger partial charge is 0.250 e. The monoisotopic (exact) mass is 234 g/mol. The Morgan fingerprint density at radius 1 is 1.38 bits per heavy atom. The van der Waals surface area contributed by atoms with E-state index in [0.29, 0.717) is 11.7 Å². The number of hydrogen-bond donors (Lipinski definition) is 0. The first-order valence-corrected chi connectivity index (χ1v) is 5.38. The van der Waals surface area contributed by atoms with Crippen LogP contribution in [-0.4, -0.2) is 22.6 Å². The summed E-state index contributed by atoms with van der Waals surface area (Å²) in [6.07, 6.45) is 4.07. The molecule has 0 bridgehead atoms. The molecule has 0 N–H and O–H groups in total. The van der Waals surface area contributed by atoms with Crippen LogP contribution >= 0.6 is 11.6 Å². The number of rotatable bonds is 3. The summed E-state index contributed by atoms with van der Waals surface area (Å²) in [5, 5.41) is 5.65. The number of amides is 1. The highest BCUT2D eigenvalue weighted by Gasteiger charge is 2.20. The van der Waals surface area contributed by atoms with Crippen molar-refractivity contribution in [3.05, 3.63) is 42.0 Å². The van der Waals surface area contributed by atoms with E-state index in [2.05, 4.69) is 5.10 Å². The van der Waals surface area contributed by atoms with Gasteiger partial charge in [0.2, 0.25) is 5.91 Å². The topological polar surface area (TPSA) is 32.7 Å². The van der Waals surface area contributed by atoms with Crippen molar-refractivity contribution in [2.24, 2.45) is 5.10 Å². The van der Waals surface area contributed by atoms with Crippen molar-refractivity contribution in [2.45, 2.75) is 6.42 Å². The van der Waals surface area contributed by atoms with Gasteiger partial charge in [-0.15, -0.1) is 0 Å². The predicted octanol–water partition coefficient (Wildman–Crippen LogP) is 2.48. The van der Waals surface area contributed by atoms with E-state index in [-0.39, 0.29) is 12.3 Å². The van der Waals surface area contributed by atoms with Crippen molar-refractivity contribution < 1.29 is 4.79 Å². The lowest BCUT2D eigenvalue weighted by Gasteiger charge is -2.07. The summed E-state index contributed by atoms with van der Waals surface area (Å²) in [7, 11) is 0. The van der Waals surface area contributed by atoms with Gasteiger partial charge in [0.05, 0.1) is 13.0 Å². The Balaban J connectivity index is 1.93. The minimum absolute atomic E-state index is 0.0530. The first-order chi connectivity index (χ1) is 7.75. The molecule has 3 nitrogen and oxygen atoms in total. The molecule has 0 aliphatic carbocycles. The first-order valence-electron chi connectivity index (χ1n) is 5.00. The highest BCUT2D eigenvalue weighted by molar-refractivity contribution is 6.67. The molecule has 1 aliphatic heterocycles. The zero-order chi connectivity index (χ0) is 11.4. The van der Waals surface area contributed by atoms with E-state index in [1.807, 2.05) is 42.5 Å². The Morgan fingerprint density at radius 3 is 2.75 bits per heavy atom. The molecule has 0 radical (unpaired) electrons. The Bertz CT molecular complexity index is 440. The highest BCUT2D eigenvalue weighted by atomic mass is 35.5. The van der Waals surface area contributed by atoms with Gasteiger partial charge < -0.3 is 0 Å². The first kappa shape index (κ1) is 10.9. The van der Waals surface area contributed by atoms with E-state index < -0.39 is 0 Å². The molecule has 1 heterocycles. The second kappa shape index (κ2) is 4.94. The van der Waals surface area contributed by atoms with Crippen LogP contribution in [0.25, 0.3) is 6.08 Å². The molecule has 0 fully saturated rings. The van der Waals surface area contributed by atoms with Crippen LogP contribution in [0.1, 0.15) is 12.0 Å². The second-order valence-electron chi connectivity index (χ2n) is 3.44. The van der Waals surface area contributed by atoms with Crippen LogP contribution in [-0.2, 0) is 4.79 Å². The normalized spacial score (nSPS) is 15.9. The van der Waals surface area contributed by atoms with Gasteiger partial charge in [0.25, 0.3) is 0 Å². The molecule has 0 saturated carbocycles. The van der Waals surface area contributed by atoms with Gasteiger partial charge in [0.1, 0.15) is 5.17 Å². The molecule has 1 amide bonds. The molecule has 4 heteroatoms. The van der Waals surface area contributed by atoms with Gasteiger partial charge in [-0.3, -0.25) is 4.79 Å². The van der Waals surface area contributed by atoms with Gasteiger partial charge in [-0.1, -0.05) is 54.1 Å². The fourth-order valence-corrected chi connectivity index (χ4v) is 1.64. The van der Waals surface area contributed by atoms with Crippen LogP contribution in [0.3, 0.4) is 0 Å². The summed E-state index contributed by atoms with van der Waals surface area (Å²) in [5.74, 6) is -0.0530. The number of nitrogens with zero attached hydrogens (tertiary/aromatic N) is 2. The molecule has 1 aromatic rings. The molecule has 0 atom stereocenters. The summed E-state index contributed by atoms with van der Waals surface area (Å²) in [5.41, 5.74) is 1.10. The molecule has 16 heavy (non-hydrogen) atoms. The average Bonchev–Trinajstić information content (AvgIpc) is 2.59. The number of benzene rings is 1. The third-order valence-electron chi connectivity index (χ3n) is 2.20. The maximum absolute atomic E-state index is 11.3. The lowest BCUT2D eigenvalue weighted by atomic mass is 10.2. The van der Waals surface area contributed by atoms with Crippen LogP contribution in [0.2, 0.25) is 0 Å². The van der Waals surface area contributed by atoms with E-state index >= 15 is 0 Å².